The molecule has 1 nitrogen and oxygen atoms in total. The summed E-state index contributed by atoms with van der Waals surface area (Å²) in [5, 5.41) is 7.54. The van der Waals surface area contributed by atoms with Crippen LogP contribution in [0.25, 0.3) is 99.0 Å². The minimum Gasteiger partial charge on any atom is -0.247 e. The topological polar surface area (TPSA) is 12.9 Å². The lowest BCUT2D eigenvalue weighted by atomic mass is 9.82. The molecule has 0 unspecified atom stereocenters. The van der Waals surface area contributed by atoms with Gasteiger partial charge in [0.15, 0.2) is 0 Å². The van der Waals surface area contributed by atoms with E-state index in [1.54, 1.807) is 0 Å². The van der Waals surface area contributed by atoms with Gasteiger partial charge in [0.25, 0.3) is 0 Å². The monoisotopic (exact) mass is 595 g/mol. The number of fused-ring (bicyclic) bond motifs is 6. The molecule has 1 heterocycles. The van der Waals surface area contributed by atoms with Gasteiger partial charge in [-0.05, 0) is 90.2 Å². The fourth-order valence-corrected chi connectivity index (χ4v) is 8.18. The molecule has 0 radical (unpaired) electrons. The molecule has 0 saturated heterocycles. The summed E-state index contributed by atoms with van der Waals surface area (Å²) in [5.74, 6) is 0. The zero-order valence-electron chi connectivity index (χ0n) is 26.0. The Labute approximate surface area is 273 Å². The molecule has 1 heteroatoms. The van der Waals surface area contributed by atoms with E-state index in [1.165, 1.54) is 93.5 Å². The maximum absolute atomic E-state index is 5.14. The van der Waals surface area contributed by atoms with Gasteiger partial charge < -0.3 is 0 Å². The highest BCUT2D eigenvalue weighted by atomic mass is 14.7. The minimum atomic E-state index is 1.03. The van der Waals surface area contributed by atoms with Crippen LogP contribution in [0.4, 0.5) is 0 Å². The molecule has 0 spiro atoms. The molecular weight excluding hydrogens is 567 g/mol. The van der Waals surface area contributed by atoms with Gasteiger partial charge in [0.2, 0.25) is 0 Å². The molecule has 47 heavy (non-hydrogen) atoms. The standard InChI is InChI=1S/C46H29N/c1-28-14-12-24-38-42(35-21-10-11-25-39(35)47-46(28)38)34-26-27-37-43-33(34)22-13-23-36(43)44-40(29-15-4-2-5-16-29)31-19-8-9-20-32(31)41(45(37)44)30-17-6-3-7-18-30/h2-27H,1H3. The SMILES string of the molecule is Cc1cccc2c(-c3ccc4c5c(cccc35)-c3c-4c(-c4ccccc4)c4ccccc4c3-c3ccccc3)c3ccccc3nc12. The van der Waals surface area contributed by atoms with Crippen LogP contribution in [0.1, 0.15) is 5.56 Å². The van der Waals surface area contributed by atoms with Crippen molar-refractivity contribution in [3.63, 3.8) is 0 Å². The van der Waals surface area contributed by atoms with Crippen LogP contribution in [0.15, 0.2) is 158 Å². The largest absolute Gasteiger partial charge is 0.247 e. The molecular formula is C46H29N. The van der Waals surface area contributed by atoms with Crippen LogP contribution < -0.4 is 0 Å². The van der Waals surface area contributed by atoms with E-state index < -0.39 is 0 Å². The van der Waals surface area contributed by atoms with Crippen molar-refractivity contribution in [2.24, 2.45) is 0 Å². The second kappa shape index (κ2) is 9.97. The summed E-state index contributed by atoms with van der Waals surface area (Å²) in [6.07, 6.45) is 0. The summed E-state index contributed by atoms with van der Waals surface area (Å²) in [6.45, 7) is 2.17. The molecule has 0 bridgehead atoms. The second-order valence-electron chi connectivity index (χ2n) is 12.6. The Morgan fingerprint density at radius 3 is 1.53 bits per heavy atom. The van der Waals surface area contributed by atoms with Gasteiger partial charge in [-0.15, -0.1) is 0 Å². The van der Waals surface area contributed by atoms with Crippen molar-refractivity contribution in [2.75, 3.05) is 0 Å². The molecule has 218 valence electrons. The first-order valence-corrected chi connectivity index (χ1v) is 16.3. The third-order valence-corrected chi connectivity index (χ3v) is 10.1. The Kier molecular flexibility index (Phi) is 5.56. The predicted molar refractivity (Wildman–Crippen MR) is 200 cm³/mol. The van der Waals surface area contributed by atoms with Gasteiger partial charge >= 0.3 is 0 Å². The second-order valence-corrected chi connectivity index (χ2v) is 12.6. The molecule has 1 aliphatic rings. The van der Waals surface area contributed by atoms with E-state index in [4.69, 9.17) is 4.98 Å². The molecule has 0 N–H and O–H groups in total. The van der Waals surface area contributed by atoms with Crippen molar-refractivity contribution < 1.29 is 0 Å². The maximum Gasteiger partial charge on any atom is 0.0745 e. The lowest BCUT2D eigenvalue weighted by molar-refractivity contribution is 1.42. The highest BCUT2D eigenvalue weighted by Gasteiger charge is 2.31. The van der Waals surface area contributed by atoms with E-state index in [2.05, 4.69) is 165 Å². The third-order valence-electron chi connectivity index (χ3n) is 10.1. The van der Waals surface area contributed by atoms with E-state index in [1.807, 2.05) is 0 Å². The van der Waals surface area contributed by atoms with E-state index in [9.17, 15) is 0 Å². The Hall–Kier alpha value is -6.05. The van der Waals surface area contributed by atoms with Gasteiger partial charge in [0, 0.05) is 16.3 Å². The molecule has 0 amide bonds. The van der Waals surface area contributed by atoms with Gasteiger partial charge in [-0.1, -0.05) is 152 Å². The zero-order valence-corrected chi connectivity index (χ0v) is 26.0. The smallest absolute Gasteiger partial charge is 0.0745 e. The molecule has 1 aromatic heterocycles. The number of aryl methyl sites for hydroxylation is 1. The van der Waals surface area contributed by atoms with Gasteiger partial charge in [0.1, 0.15) is 0 Å². The number of pyridine rings is 1. The van der Waals surface area contributed by atoms with E-state index in [-0.39, 0.29) is 0 Å². The van der Waals surface area contributed by atoms with Gasteiger partial charge in [-0.2, -0.15) is 0 Å². The van der Waals surface area contributed by atoms with Crippen molar-refractivity contribution in [1.82, 2.24) is 4.98 Å². The fourth-order valence-electron chi connectivity index (χ4n) is 8.18. The summed E-state index contributed by atoms with van der Waals surface area (Å²) < 4.78 is 0. The van der Waals surface area contributed by atoms with Crippen LogP contribution in [0, 0.1) is 6.92 Å². The van der Waals surface area contributed by atoms with Crippen molar-refractivity contribution in [1.29, 1.82) is 0 Å². The van der Waals surface area contributed by atoms with E-state index >= 15 is 0 Å². The third kappa shape index (κ3) is 3.69. The molecule has 1 aliphatic carbocycles. The van der Waals surface area contributed by atoms with Crippen LogP contribution in [0.5, 0.6) is 0 Å². The Morgan fingerprint density at radius 2 is 0.851 bits per heavy atom. The molecule has 0 aliphatic heterocycles. The highest BCUT2D eigenvalue weighted by molar-refractivity contribution is 6.29. The van der Waals surface area contributed by atoms with Crippen LogP contribution in [-0.2, 0) is 0 Å². The summed E-state index contributed by atoms with van der Waals surface area (Å²) in [6, 6.07) is 57.7. The summed E-state index contributed by atoms with van der Waals surface area (Å²) >= 11 is 0. The maximum atomic E-state index is 5.14. The molecule has 10 rings (SSSR count). The number of aromatic nitrogens is 1. The number of benzene rings is 8. The van der Waals surface area contributed by atoms with Crippen molar-refractivity contribution >= 4 is 43.4 Å². The van der Waals surface area contributed by atoms with Gasteiger partial charge in [-0.3, -0.25) is 0 Å². The van der Waals surface area contributed by atoms with Crippen LogP contribution >= 0.6 is 0 Å². The summed E-state index contributed by atoms with van der Waals surface area (Å²) in [7, 11) is 0. The first kappa shape index (κ1) is 26.2. The van der Waals surface area contributed by atoms with Crippen molar-refractivity contribution in [2.45, 2.75) is 6.92 Å². The van der Waals surface area contributed by atoms with Crippen LogP contribution in [-0.4, -0.2) is 4.98 Å². The van der Waals surface area contributed by atoms with Gasteiger partial charge in [0.05, 0.1) is 11.0 Å². The Bertz CT molecular complexity index is 2630. The Balaban J connectivity index is 1.39. The first-order chi connectivity index (χ1) is 23.3. The van der Waals surface area contributed by atoms with E-state index in [0.717, 1.165) is 11.0 Å². The minimum absolute atomic E-state index is 1.03. The fraction of sp³-hybridized carbons (Fsp3) is 0.0217. The Morgan fingerprint density at radius 1 is 0.340 bits per heavy atom. The number of rotatable bonds is 3. The normalized spacial score (nSPS) is 11.9. The molecule has 8 aromatic carbocycles. The average Bonchev–Trinajstić information content (AvgIpc) is 3.46. The van der Waals surface area contributed by atoms with Crippen molar-refractivity contribution in [3.05, 3.63) is 163 Å². The predicted octanol–water partition coefficient (Wildman–Crippen LogP) is 12.7. The molecule has 0 saturated carbocycles. The number of para-hydroxylation sites is 2. The van der Waals surface area contributed by atoms with E-state index in [0.29, 0.717) is 0 Å². The molecule has 0 fully saturated rings. The first-order valence-electron chi connectivity index (χ1n) is 16.3. The van der Waals surface area contributed by atoms with Crippen LogP contribution in [0.2, 0.25) is 0 Å². The average molecular weight is 596 g/mol. The summed E-state index contributed by atoms with van der Waals surface area (Å²) in [4.78, 5) is 5.14. The number of hydrogen-bond acceptors (Lipinski definition) is 1. The van der Waals surface area contributed by atoms with Crippen molar-refractivity contribution in [3.8, 4) is 55.6 Å². The quantitative estimate of drug-likeness (QED) is 0.185. The van der Waals surface area contributed by atoms with Crippen LogP contribution in [0.3, 0.4) is 0 Å². The molecule has 9 aromatic rings. The van der Waals surface area contributed by atoms with Gasteiger partial charge in [-0.25, -0.2) is 4.98 Å². The molecule has 0 atom stereocenters. The lowest BCUT2D eigenvalue weighted by Crippen LogP contribution is -1.93. The highest BCUT2D eigenvalue weighted by Crippen LogP contribution is 2.58. The zero-order chi connectivity index (χ0) is 31.1. The number of nitrogens with zero attached hydrogens (tertiary/aromatic N) is 1. The lowest BCUT2D eigenvalue weighted by Gasteiger charge is -2.20. The summed E-state index contributed by atoms with van der Waals surface area (Å²) in [5.41, 5.74) is 16.1. The number of hydrogen-bond donors (Lipinski definition) is 0.